The Hall–Kier alpha value is -2.76. The second-order valence-electron chi connectivity index (χ2n) is 5.20. The number of nitrogens with one attached hydrogen (secondary N) is 2. The van der Waals surface area contributed by atoms with E-state index in [2.05, 4.69) is 10.6 Å². The van der Waals surface area contributed by atoms with Crippen LogP contribution in [0.5, 0.6) is 11.5 Å². The first-order chi connectivity index (χ1) is 11.1. The van der Waals surface area contributed by atoms with E-state index in [1.807, 2.05) is 25.1 Å². The normalized spacial score (nSPS) is 14.0. The third-order valence-corrected chi connectivity index (χ3v) is 3.54. The first-order valence-electron chi connectivity index (χ1n) is 7.35. The number of ether oxygens (including phenoxy) is 2. The molecule has 0 aliphatic carbocycles. The molecule has 2 aromatic carbocycles. The molecule has 5 nitrogen and oxygen atoms in total. The minimum absolute atomic E-state index is 0.138. The molecule has 1 atom stereocenters. The fourth-order valence-electron chi connectivity index (χ4n) is 2.33. The van der Waals surface area contributed by atoms with Crippen LogP contribution in [0, 0.1) is 5.82 Å². The summed E-state index contributed by atoms with van der Waals surface area (Å²) < 4.78 is 24.5. The first kappa shape index (κ1) is 15.1. The number of benzene rings is 2. The van der Waals surface area contributed by atoms with Crippen molar-refractivity contribution in [2.24, 2.45) is 0 Å². The summed E-state index contributed by atoms with van der Waals surface area (Å²) >= 11 is 0. The molecule has 1 aliphatic heterocycles. The van der Waals surface area contributed by atoms with Crippen LogP contribution in [-0.4, -0.2) is 19.2 Å². The summed E-state index contributed by atoms with van der Waals surface area (Å²) in [5, 5.41) is 5.26. The lowest BCUT2D eigenvalue weighted by molar-refractivity contribution is 0.171. The Morgan fingerprint density at radius 3 is 2.65 bits per heavy atom. The number of hydrogen-bond acceptors (Lipinski definition) is 3. The SMILES string of the molecule is C[C@H](NC(=O)Nc1ccccc1F)c1ccc2c(c1)OCCO2. The fourth-order valence-corrected chi connectivity index (χ4v) is 2.33. The van der Waals surface area contributed by atoms with Gasteiger partial charge < -0.3 is 20.1 Å². The van der Waals surface area contributed by atoms with E-state index in [0.29, 0.717) is 24.7 Å². The molecular weight excluding hydrogens is 299 g/mol. The molecule has 0 spiro atoms. The molecule has 1 heterocycles. The Morgan fingerprint density at radius 1 is 1.13 bits per heavy atom. The highest BCUT2D eigenvalue weighted by Gasteiger charge is 2.16. The number of amides is 2. The van der Waals surface area contributed by atoms with Gasteiger partial charge in [0.1, 0.15) is 19.0 Å². The van der Waals surface area contributed by atoms with Crippen LogP contribution in [0.15, 0.2) is 42.5 Å². The van der Waals surface area contributed by atoms with Gasteiger partial charge in [-0.1, -0.05) is 18.2 Å². The number of para-hydroxylation sites is 1. The highest BCUT2D eigenvalue weighted by molar-refractivity contribution is 5.89. The van der Waals surface area contributed by atoms with Gasteiger partial charge in [0.2, 0.25) is 0 Å². The summed E-state index contributed by atoms with van der Waals surface area (Å²) in [5.74, 6) is 0.884. The molecule has 0 bridgehead atoms. The Balaban J connectivity index is 1.65. The van der Waals surface area contributed by atoms with Crippen LogP contribution in [0.25, 0.3) is 0 Å². The van der Waals surface area contributed by atoms with E-state index in [-0.39, 0.29) is 11.7 Å². The zero-order chi connectivity index (χ0) is 16.2. The van der Waals surface area contributed by atoms with Gasteiger partial charge in [-0.25, -0.2) is 9.18 Å². The van der Waals surface area contributed by atoms with Gasteiger partial charge >= 0.3 is 6.03 Å². The average molecular weight is 316 g/mol. The van der Waals surface area contributed by atoms with Gasteiger partial charge in [0.15, 0.2) is 11.5 Å². The van der Waals surface area contributed by atoms with Crippen molar-refractivity contribution in [2.75, 3.05) is 18.5 Å². The number of hydrogen-bond donors (Lipinski definition) is 2. The summed E-state index contributed by atoms with van der Waals surface area (Å²) in [7, 11) is 0. The van der Waals surface area contributed by atoms with Crippen molar-refractivity contribution in [1.29, 1.82) is 0 Å². The van der Waals surface area contributed by atoms with Gasteiger partial charge in [0, 0.05) is 0 Å². The minimum Gasteiger partial charge on any atom is -0.486 e. The molecule has 0 unspecified atom stereocenters. The molecule has 0 aromatic heterocycles. The molecule has 2 aromatic rings. The molecule has 2 N–H and O–H groups in total. The number of halogens is 1. The largest absolute Gasteiger partial charge is 0.486 e. The maximum atomic E-state index is 13.5. The molecule has 23 heavy (non-hydrogen) atoms. The van der Waals surface area contributed by atoms with Crippen molar-refractivity contribution in [3.8, 4) is 11.5 Å². The number of anilines is 1. The Bertz CT molecular complexity index is 721. The van der Waals surface area contributed by atoms with E-state index in [1.54, 1.807) is 12.1 Å². The molecule has 0 fully saturated rings. The van der Waals surface area contributed by atoms with Crippen LogP contribution in [-0.2, 0) is 0 Å². The maximum Gasteiger partial charge on any atom is 0.319 e. The van der Waals surface area contributed by atoms with E-state index in [9.17, 15) is 9.18 Å². The van der Waals surface area contributed by atoms with Crippen molar-refractivity contribution < 1.29 is 18.7 Å². The van der Waals surface area contributed by atoms with Gasteiger partial charge in [-0.2, -0.15) is 0 Å². The molecule has 0 saturated heterocycles. The molecule has 0 radical (unpaired) electrons. The van der Waals surface area contributed by atoms with Crippen molar-refractivity contribution in [1.82, 2.24) is 5.32 Å². The van der Waals surface area contributed by atoms with Gasteiger partial charge in [-0.05, 0) is 36.8 Å². The summed E-state index contributed by atoms with van der Waals surface area (Å²) in [6.45, 7) is 2.88. The number of carbonyl (C=O) groups is 1. The zero-order valence-electron chi connectivity index (χ0n) is 12.6. The summed E-state index contributed by atoms with van der Waals surface area (Å²) in [6.07, 6.45) is 0. The highest BCUT2D eigenvalue weighted by atomic mass is 19.1. The smallest absolute Gasteiger partial charge is 0.319 e. The molecule has 120 valence electrons. The standard InChI is InChI=1S/C17H17FN2O3/c1-11(12-6-7-15-16(10-12)23-9-8-22-15)19-17(21)20-14-5-3-2-4-13(14)18/h2-7,10-11H,8-9H2,1H3,(H2,19,20,21)/t11-/m0/s1. The molecular formula is C17H17FN2O3. The Labute approximate surface area is 133 Å². The van der Waals surface area contributed by atoms with Gasteiger partial charge in [-0.15, -0.1) is 0 Å². The molecule has 1 aliphatic rings. The number of rotatable bonds is 3. The summed E-state index contributed by atoms with van der Waals surface area (Å²) in [5.41, 5.74) is 1.01. The Morgan fingerprint density at radius 2 is 1.87 bits per heavy atom. The number of carbonyl (C=O) groups excluding carboxylic acids is 1. The van der Waals surface area contributed by atoms with Crippen LogP contribution >= 0.6 is 0 Å². The van der Waals surface area contributed by atoms with E-state index >= 15 is 0 Å². The van der Waals surface area contributed by atoms with Crippen molar-refractivity contribution in [3.05, 3.63) is 53.8 Å². The third-order valence-electron chi connectivity index (χ3n) is 3.54. The highest BCUT2D eigenvalue weighted by Crippen LogP contribution is 2.32. The maximum absolute atomic E-state index is 13.5. The predicted molar refractivity (Wildman–Crippen MR) is 84.4 cm³/mol. The van der Waals surface area contributed by atoms with Gasteiger partial charge in [0.25, 0.3) is 0 Å². The molecule has 3 rings (SSSR count). The van der Waals surface area contributed by atoms with Gasteiger partial charge in [-0.3, -0.25) is 0 Å². The van der Waals surface area contributed by atoms with Crippen LogP contribution < -0.4 is 20.1 Å². The third kappa shape index (κ3) is 3.53. The van der Waals surface area contributed by atoms with Crippen molar-refractivity contribution in [3.63, 3.8) is 0 Å². The van der Waals surface area contributed by atoms with E-state index in [1.165, 1.54) is 12.1 Å². The molecule has 0 saturated carbocycles. The number of fused-ring (bicyclic) bond motifs is 1. The monoisotopic (exact) mass is 316 g/mol. The predicted octanol–water partition coefficient (Wildman–Crippen LogP) is 3.48. The van der Waals surface area contributed by atoms with Crippen LogP contribution in [0.1, 0.15) is 18.5 Å². The van der Waals surface area contributed by atoms with E-state index < -0.39 is 11.8 Å². The van der Waals surface area contributed by atoms with Crippen LogP contribution in [0.4, 0.5) is 14.9 Å². The quantitative estimate of drug-likeness (QED) is 0.911. The minimum atomic E-state index is -0.477. The fraction of sp³-hybridized carbons (Fsp3) is 0.235. The van der Waals surface area contributed by atoms with E-state index in [0.717, 1.165) is 5.56 Å². The molecule has 2 amide bonds. The topological polar surface area (TPSA) is 59.6 Å². The molecule has 6 heteroatoms. The summed E-state index contributed by atoms with van der Waals surface area (Å²) in [6, 6.07) is 10.8. The van der Waals surface area contributed by atoms with Crippen LogP contribution in [0.3, 0.4) is 0 Å². The lowest BCUT2D eigenvalue weighted by Gasteiger charge is -2.21. The first-order valence-corrected chi connectivity index (χ1v) is 7.35. The Kier molecular flexibility index (Phi) is 4.32. The average Bonchev–Trinajstić information content (AvgIpc) is 2.56. The van der Waals surface area contributed by atoms with Gasteiger partial charge in [0.05, 0.1) is 11.7 Å². The summed E-state index contributed by atoms with van der Waals surface area (Å²) in [4.78, 5) is 12.0. The lowest BCUT2D eigenvalue weighted by atomic mass is 10.1. The van der Waals surface area contributed by atoms with Crippen molar-refractivity contribution >= 4 is 11.7 Å². The number of urea groups is 1. The van der Waals surface area contributed by atoms with Crippen LogP contribution in [0.2, 0.25) is 0 Å². The van der Waals surface area contributed by atoms with E-state index in [4.69, 9.17) is 9.47 Å². The van der Waals surface area contributed by atoms with Crippen molar-refractivity contribution in [2.45, 2.75) is 13.0 Å². The lowest BCUT2D eigenvalue weighted by Crippen LogP contribution is -2.31. The zero-order valence-corrected chi connectivity index (χ0v) is 12.6. The second-order valence-corrected chi connectivity index (χ2v) is 5.20. The second kappa shape index (κ2) is 6.56.